The molecule has 0 amide bonds. The van der Waals surface area contributed by atoms with Crippen LogP contribution in [-0.4, -0.2) is 20.1 Å². The third-order valence-electron chi connectivity index (χ3n) is 4.09. The van der Waals surface area contributed by atoms with Crippen molar-refractivity contribution in [2.24, 2.45) is 5.41 Å². The minimum Gasteiger partial charge on any atom is -0.371 e. The van der Waals surface area contributed by atoms with Crippen molar-refractivity contribution in [3.05, 3.63) is 28.2 Å². The van der Waals surface area contributed by atoms with Gasteiger partial charge in [0.1, 0.15) is 0 Å². The first-order valence-corrected chi connectivity index (χ1v) is 7.99. The third-order valence-corrected chi connectivity index (χ3v) is 4.58. The van der Waals surface area contributed by atoms with E-state index >= 15 is 0 Å². The highest BCUT2D eigenvalue weighted by atomic mass is 79.9. The van der Waals surface area contributed by atoms with E-state index in [1.807, 2.05) is 7.05 Å². The van der Waals surface area contributed by atoms with Crippen LogP contribution in [0.4, 0.5) is 5.69 Å². The van der Waals surface area contributed by atoms with Gasteiger partial charge in [-0.2, -0.15) is 0 Å². The molecular formula is C16H25BrN2. The number of anilines is 1. The zero-order valence-electron chi connectivity index (χ0n) is 12.3. The van der Waals surface area contributed by atoms with Crippen molar-refractivity contribution in [1.29, 1.82) is 0 Å². The number of hydrogen-bond acceptors (Lipinski definition) is 2. The number of benzene rings is 1. The second kappa shape index (κ2) is 6.27. The summed E-state index contributed by atoms with van der Waals surface area (Å²) in [6.45, 7) is 8.07. The van der Waals surface area contributed by atoms with Gasteiger partial charge in [-0.1, -0.05) is 29.8 Å². The normalized spacial score (nSPS) is 19.3. The Morgan fingerprint density at radius 3 is 2.79 bits per heavy atom. The average Bonchev–Trinajstić information content (AvgIpc) is 2.51. The highest BCUT2D eigenvalue weighted by Gasteiger charge is 2.24. The first-order chi connectivity index (χ1) is 9.02. The lowest BCUT2D eigenvalue weighted by molar-refractivity contribution is 0.325. The van der Waals surface area contributed by atoms with Crippen molar-refractivity contribution < 1.29 is 0 Å². The van der Waals surface area contributed by atoms with Crippen molar-refractivity contribution in [2.75, 3.05) is 25.0 Å². The molecule has 3 heteroatoms. The second-order valence-corrected chi connectivity index (χ2v) is 7.22. The molecule has 0 unspecified atom stereocenters. The molecule has 106 valence electrons. The van der Waals surface area contributed by atoms with Crippen LogP contribution in [0.1, 0.15) is 38.7 Å². The standard InChI is InChI=1S/C16H25BrN2/c1-16(2)7-4-9-19(10-8-16)15-6-5-14(17)11-13(15)12-18-3/h5-6,11,18H,4,7-10,12H2,1-3H3. The van der Waals surface area contributed by atoms with Crippen LogP contribution in [0.5, 0.6) is 0 Å². The smallest absolute Gasteiger partial charge is 0.0412 e. The van der Waals surface area contributed by atoms with Crippen molar-refractivity contribution in [1.82, 2.24) is 5.32 Å². The first-order valence-electron chi connectivity index (χ1n) is 7.20. The second-order valence-electron chi connectivity index (χ2n) is 6.31. The van der Waals surface area contributed by atoms with E-state index in [4.69, 9.17) is 0 Å². The summed E-state index contributed by atoms with van der Waals surface area (Å²) in [6.07, 6.45) is 3.91. The van der Waals surface area contributed by atoms with E-state index in [2.05, 4.69) is 58.2 Å². The predicted molar refractivity (Wildman–Crippen MR) is 86.8 cm³/mol. The summed E-state index contributed by atoms with van der Waals surface area (Å²) < 4.78 is 1.16. The van der Waals surface area contributed by atoms with Crippen LogP contribution in [0.25, 0.3) is 0 Å². The molecule has 0 aliphatic carbocycles. The molecule has 1 heterocycles. The summed E-state index contributed by atoms with van der Waals surface area (Å²) in [5, 5.41) is 3.28. The van der Waals surface area contributed by atoms with Gasteiger partial charge < -0.3 is 10.2 Å². The minimum atomic E-state index is 0.493. The van der Waals surface area contributed by atoms with Gasteiger partial charge in [0.05, 0.1) is 0 Å². The Hall–Kier alpha value is -0.540. The summed E-state index contributed by atoms with van der Waals surface area (Å²) in [6, 6.07) is 6.65. The van der Waals surface area contributed by atoms with Gasteiger partial charge in [-0.15, -0.1) is 0 Å². The van der Waals surface area contributed by atoms with Crippen LogP contribution in [0.15, 0.2) is 22.7 Å². The monoisotopic (exact) mass is 324 g/mol. The molecule has 0 spiro atoms. The molecule has 1 aromatic carbocycles. The summed E-state index contributed by atoms with van der Waals surface area (Å²) in [4.78, 5) is 2.56. The third kappa shape index (κ3) is 3.96. The number of halogens is 1. The molecule has 1 aromatic rings. The van der Waals surface area contributed by atoms with Crippen LogP contribution in [-0.2, 0) is 6.54 Å². The molecule has 1 aliphatic heterocycles. The van der Waals surface area contributed by atoms with Gasteiger partial charge >= 0.3 is 0 Å². The molecule has 1 N–H and O–H groups in total. The Morgan fingerprint density at radius 2 is 2.05 bits per heavy atom. The lowest BCUT2D eigenvalue weighted by Gasteiger charge is -2.27. The lowest BCUT2D eigenvalue weighted by Crippen LogP contribution is -2.26. The molecule has 0 atom stereocenters. The van der Waals surface area contributed by atoms with Gasteiger partial charge in [0, 0.05) is 29.8 Å². The SMILES string of the molecule is CNCc1cc(Br)ccc1N1CCCC(C)(C)CC1. The summed E-state index contributed by atoms with van der Waals surface area (Å²) in [7, 11) is 2.01. The Bertz CT molecular complexity index is 429. The number of nitrogens with one attached hydrogen (secondary N) is 1. The molecular weight excluding hydrogens is 300 g/mol. The quantitative estimate of drug-likeness (QED) is 0.897. The number of nitrogens with zero attached hydrogens (tertiary/aromatic N) is 1. The molecule has 0 radical (unpaired) electrons. The maximum absolute atomic E-state index is 3.58. The Labute approximate surface area is 125 Å². The average molecular weight is 325 g/mol. The molecule has 2 nitrogen and oxygen atoms in total. The molecule has 0 saturated carbocycles. The topological polar surface area (TPSA) is 15.3 Å². The highest BCUT2D eigenvalue weighted by molar-refractivity contribution is 9.10. The summed E-state index contributed by atoms with van der Waals surface area (Å²) >= 11 is 3.58. The van der Waals surface area contributed by atoms with Gasteiger partial charge in [-0.05, 0) is 55.5 Å². The van der Waals surface area contributed by atoms with E-state index in [0.29, 0.717) is 5.41 Å². The van der Waals surface area contributed by atoms with Gasteiger partial charge in [-0.25, -0.2) is 0 Å². The fourth-order valence-corrected chi connectivity index (χ4v) is 3.27. The van der Waals surface area contributed by atoms with Gasteiger partial charge in [0.15, 0.2) is 0 Å². The molecule has 2 rings (SSSR count). The van der Waals surface area contributed by atoms with E-state index in [9.17, 15) is 0 Å². The zero-order valence-corrected chi connectivity index (χ0v) is 13.9. The molecule has 1 aliphatic rings. The van der Waals surface area contributed by atoms with E-state index < -0.39 is 0 Å². The zero-order chi connectivity index (χ0) is 13.9. The molecule has 0 bridgehead atoms. The van der Waals surface area contributed by atoms with Crippen molar-refractivity contribution in [3.63, 3.8) is 0 Å². The number of rotatable bonds is 3. The fourth-order valence-electron chi connectivity index (χ4n) is 2.86. The molecule has 19 heavy (non-hydrogen) atoms. The fraction of sp³-hybridized carbons (Fsp3) is 0.625. The van der Waals surface area contributed by atoms with Crippen molar-refractivity contribution in [2.45, 2.75) is 39.7 Å². The maximum atomic E-state index is 3.58. The van der Waals surface area contributed by atoms with Crippen molar-refractivity contribution >= 4 is 21.6 Å². The minimum absolute atomic E-state index is 0.493. The van der Waals surface area contributed by atoms with E-state index in [1.54, 1.807) is 0 Å². The maximum Gasteiger partial charge on any atom is 0.0412 e. The summed E-state index contributed by atoms with van der Waals surface area (Å²) in [5.74, 6) is 0. The Kier molecular flexibility index (Phi) is 4.91. The first kappa shape index (κ1) is 14.9. The summed E-state index contributed by atoms with van der Waals surface area (Å²) in [5.41, 5.74) is 3.28. The predicted octanol–water partition coefficient (Wildman–Crippen LogP) is 4.19. The van der Waals surface area contributed by atoms with E-state index in [-0.39, 0.29) is 0 Å². The molecule has 1 saturated heterocycles. The van der Waals surface area contributed by atoms with Crippen LogP contribution in [0, 0.1) is 5.41 Å². The van der Waals surface area contributed by atoms with Gasteiger partial charge in [0.2, 0.25) is 0 Å². The Morgan fingerprint density at radius 1 is 1.26 bits per heavy atom. The lowest BCUT2D eigenvalue weighted by atomic mass is 9.85. The number of hydrogen-bond donors (Lipinski definition) is 1. The van der Waals surface area contributed by atoms with Crippen LogP contribution in [0.2, 0.25) is 0 Å². The van der Waals surface area contributed by atoms with E-state index in [0.717, 1.165) is 11.0 Å². The largest absolute Gasteiger partial charge is 0.371 e. The van der Waals surface area contributed by atoms with Crippen LogP contribution in [0.3, 0.4) is 0 Å². The van der Waals surface area contributed by atoms with Crippen molar-refractivity contribution in [3.8, 4) is 0 Å². The highest BCUT2D eigenvalue weighted by Crippen LogP contribution is 2.33. The molecule has 1 fully saturated rings. The molecule has 0 aromatic heterocycles. The Balaban J connectivity index is 2.21. The van der Waals surface area contributed by atoms with E-state index in [1.165, 1.54) is 43.6 Å². The van der Waals surface area contributed by atoms with Gasteiger partial charge in [-0.3, -0.25) is 0 Å². The van der Waals surface area contributed by atoms with Crippen LogP contribution < -0.4 is 10.2 Å². The van der Waals surface area contributed by atoms with Gasteiger partial charge in [0.25, 0.3) is 0 Å². The van der Waals surface area contributed by atoms with Crippen LogP contribution >= 0.6 is 15.9 Å².